The monoisotopic (exact) mass is 391 g/mol. The van der Waals surface area contributed by atoms with Crippen LogP contribution in [0, 0.1) is 0 Å². The molecule has 0 radical (unpaired) electrons. The summed E-state index contributed by atoms with van der Waals surface area (Å²) >= 11 is 0. The van der Waals surface area contributed by atoms with Gasteiger partial charge >= 0.3 is 11.7 Å². The zero-order chi connectivity index (χ0) is 19.5. The van der Waals surface area contributed by atoms with Crippen LogP contribution in [0.2, 0.25) is 0 Å². The number of H-pyrrole nitrogens is 1. The van der Waals surface area contributed by atoms with E-state index in [0.29, 0.717) is 0 Å². The van der Waals surface area contributed by atoms with Gasteiger partial charge in [0.05, 0.1) is 12.9 Å². The minimum Gasteiger partial charge on any atom is -0.478 e. The summed E-state index contributed by atoms with van der Waals surface area (Å²) in [5.74, 6) is -1.35. The summed E-state index contributed by atoms with van der Waals surface area (Å²) < 4.78 is 32.6. The molecule has 1 saturated heterocycles. The van der Waals surface area contributed by atoms with Crippen molar-refractivity contribution in [2.24, 2.45) is 0 Å². The minimum absolute atomic E-state index is 0.119. The van der Waals surface area contributed by atoms with E-state index in [1.165, 1.54) is 6.20 Å². The van der Waals surface area contributed by atoms with Crippen LogP contribution in [0.5, 0.6) is 0 Å². The fourth-order valence-electron chi connectivity index (χ4n) is 2.27. The number of carboxylic acid groups (broad SMARTS) is 1. The predicted octanol–water partition coefficient (Wildman–Crippen LogP) is -2.30. The zero-order valence-corrected chi connectivity index (χ0v) is 14.2. The molecular weight excluding hydrogens is 374 g/mol. The molecule has 12 nitrogen and oxygen atoms in total. The van der Waals surface area contributed by atoms with Gasteiger partial charge in [0, 0.05) is 17.8 Å². The van der Waals surface area contributed by atoms with Crippen LogP contribution in [-0.4, -0.2) is 77.1 Å². The number of aliphatic hydroxyl groups is 2. The lowest BCUT2D eigenvalue weighted by molar-refractivity contribution is -0.131. The van der Waals surface area contributed by atoms with Crippen molar-refractivity contribution in [1.82, 2.24) is 9.97 Å². The number of hydrogen-bond donors (Lipinski definition) is 5. The van der Waals surface area contributed by atoms with E-state index in [1.807, 2.05) is 0 Å². The Labute approximate surface area is 147 Å². The molecule has 0 saturated carbocycles. The first kappa shape index (κ1) is 20.0. The molecule has 4 atom stereocenters. The van der Waals surface area contributed by atoms with Crippen LogP contribution in [0.1, 0.15) is 5.56 Å². The van der Waals surface area contributed by atoms with E-state index in [9.17, 15) is 28.2 Å². The van der Waals surface area contributed by atoms with Crippen molar-refractivity contribution < 1.29 is 37.5 Å². The summed E-state index contributed by atoms with van der Waals surface area (Å²) in [6, 6.07) is 0. The molecule has 1 aromatic rings. The lowest BCUT2D eigenvalue weighted by Gasteiger charge is -2.19. The molecule has 0 unspecified atom stereocenters. The van der Waals surface area contributed by atoms with E-state index in [4.69, 9.17) is 14.0 Å². The van der Waals surface area contributed by atoms with E-state index >= 15 is 0 Å². The first-order valence-electron chi connectivity index (χ1n) is 7.20. The molecule has 0 aromatic carbocycles. The van der Waals surface area contributed by atoms with Gasteiger partial charge in [0.15, 0.2) is 6.23 Å². The van der Waals surface area contributed by atoms with Crippen LogP contribution in [0.15, 0.2) is 17.1 Å². The van der Waals surface area contributed by atoms with Gasteiger partial charge in [-0.3, -0.25) is 4.18 Å². The highest BCUT2D eigenvalue weighted by atomic mass is 32.2. The maximum absolute atomic E-state index is 11.4. The number of aliphatic carboxylic acids is 1. The van der Waals surface area contributed by atoms with Crippen LogP contribution >= 0.6 is 0 Å². The highest BCUT2D eigenvalue weighted by molar-refractivity contribution is 7.86. The van der Waals surface area contributed by atoms with E-state index < -0.39 is 52.9 Å². The molecule has 26 heavy (non-hydrogen) atoms. The molecule has 1 aliphatic rings. The summed E-state index contributed by atoms with van der Waals surface area (Å²) in [6.45, 7) is -0.635. The Balaban J connectivity index is 2.26. The molecule has 0 amide bonds. The second-order valence-electron chi connectivity index (χ2n) is 5.36. The molecule has 2 rings (SSSR count). The number of ether oxygens (including phenoxy) is 1. The van der Waals surface area contributed by atoms with Crippen molar-refractivity contribution in [2.45, 2.75) is 24.5 Å². The Morgan fingerprint density at radius 3 is 2.81 bits per heavy atom. The summed E-state index contributed by atoms with van der Waals surface area (Å²) in [5, 5.41) is 30.8. The highest BCUT2D eigenvalue weighted by Crippen LogP contribution is 2.26. The number of anilines is 1. The van der Waals surface area contributed by atoms with Crippen LogP contribution in [0.4, 0.5) is 5.82 Å². The van der Waals surface area contributed by atoms with E-state index in [-0.39, 0.29) is 11.4 Å². The van der Waals surface area contributed by atoms with Crippen LogP contribution in [0.3, 0.4) is 0 Å². The van der Waals surface area contributed by atoms with Gasteiger partial charge in [-0.25, -0.2) is 9.59 Å². The zero-order valence-electron chi connectivity index (χ0n) is 13.4. The van der Waals surface area contributed by atoms with Gasteiger partial charge in [-0.15, -0.1) is 0 Å². The van der Waals surface area contributed by atoms with Gasteiger partial charge in [-0.1, -0.05) is 0 Å². The summed E-state index contributed by atoms with van der Waals surface area (Å²) in [4.78, 5) is 27.9. The highest BCUT2D eigenvalue weighted by Gasteiger charge is 2.46. The largest absolute Gasteiger partial charge is 0.478 e. The lowest BCUT2D eigenvalue weighted by atomic mass is 10.1. The minimum atomic E-state index is -3.94. The normalized spacial score (nSPS) is 26.3. The Morgan fingerprint density at radius 2 is 2.23 bits per heavy atom. The van der Waals surface area contributed by atoms with E-state index in [0.717, 1.165) is 18.4 Å². The summed E-state index contributed by atoms with van der Waals surface area (Å²) in [6.07, 6.45) is -1.43. The maximum atomic E-state index is 11.4. The third-order valence-electron chi connectivity index (χ3n) is 3.32. The fraction of sp³-hybridized carbons (Fsp3) is 0.462. The van der Waals surface area contributed by atoms with Crippen molar-refractivity contribution in [3.8, 4) is 0 Å². The van der Waals surface area contributed by atoms with Gasteiger partial charge in [0.2, 0.25) is 0 Å². The average Bonchev–Trinajstić information content (AvgIpc) is 2.81. The van der Waals surface area contributed by atoms with Crippen molar-refractivity contribution in [1.29, 1.82) is 0 Å². The third-order valence-corrected chi connectivity index (χ3v) is 3.89. The molecular formula is C13H17N3O9S. The number of aliphatic hydroxyl groups excluding tert-OH is 2. The van der Waals surface area contributed by atoms with Gasteiger partial charge in [0.25, 0.3) is 10.1 Å². The fourth-order valence-corrected chi connectivity index (χ4v) is 2.91. The first-order chi connectivity index (χ1) is 12.1. The topological polar surface area (TPSA) is 188 Å². The van der Waals surface area contributed by atoms with Crippen molar-refractivity contribution in [2.75, 3.05) is 18.2 Å². The van der Waals surface area contributed by atoms with Crippen LogP contribution in [0.25, 0.3) is 6.08 Å². The van der Waals surface area contributed by atoms with Crippen LogP contribution in [-0.2, 0) is 23.8 Å². The Kier molecular flexibility index (Phi) is 6.09. The number of nitrogens with zero attached hydrogens (tertiary/aromatic N) is 1. The van der Waals surface area contributed by atoms with Crippen molar-refractivity contribution >= 4 is 28.0 Å². The number of carbonyl (C=O) groups is 1. The van der Waals surface area contributed by atoms with Crippen molar-refractivity contribution in [3.63, 3.8) is 0 Å². The number of nitrogens with one attached hydrogen (secondary N) is 2. The lowest BCUT2D eigenvalue weighted by Crippen LogP contribution is -2.40. The standard InChI is InChI=1S/C13H17N3O9S/c1-26(22,23)25-10-7(5-17)24-12(9(10)20)15-11-6(2-3-8(18)19)4-14-13(21)16-11/h2-4,7,9-10,12,17,20H,5H2,1H3,(H,18,19)(H2,14,15,16,21)/t7-,9-,10+,12-/m1/s1. The molecule has 1 aliphatic heterocycles. The molecule has 13 heteroatoms. The SMILES string of the molecule is CS(=O)(=O)O[C@@H]1[C@@H](O)[C@H](Nc2nc(=O)[nH]cc2C=CC(=O)O)O[C@@H]1CO. The maximum Gasteiger partial charge on any atom is 0.346 e. The molecule has 1 aromatic heterocycles. The average molecular weight is 391 g/mol. The summed E-state index contributed by atoms with van der Waals surface area (Å²) in [7, 11) is -3.94. The van der Waals surface area contributed by atoms with E-state index in [2.05, 4.69) is 15.3 Å². The Hall–Kier alpha value is -2.32. The number of rotatable bonds is 7. The van der Waals surface area contributed by atoms with Gasteiger partial charge < -0.3 is 30.4 Å². The second kappa shape index (κ2) is 7.92. The number of aromatic amines is 1. The number of carboxylic acids is 1. The Bertz CT molecular complexity index is 851. The first-order valence-corrected chi connectivity index (χ1v) is 9.02. The van der Waals surface area contributed by atoms with Crippen LogP contribution < -0.4 is 11.0 Å². The summed E-state index contributed by atoms with van der Waals surface area (Å²) in [5.41, 5.74) is -0.592. The van der Waals surface area contributed by atoms with Crippen molar-refractivity contribution in [3.05, 3.63) is 28.3 Å². The van der Waals surface area contributed by atoms with Gasteiger partial charge in [-0.05, 0) is 6.08 Å². The molecule has 0 spiro atoms. The molecule has 5 N–H and O–H groups in total. The van der Waals surface area contributed by atoms with Gasteiger partial charge in [0.1, 0.15) is 24.1 Å². The third kappa shape index (κ3) is 5.09. The predicted molar refractivity (Wildman–Crippen MR) is 86.6 cm³/mol. The molecule has 0 bridgehead atoms. The second-order valence-corrected chi connectivity index (χ2v) is 6.96. The molecule has 1 fully saturated rings. The smallest absolute Gasteiger partial charge is 0.346 e. The quantitative estimate of drug-likeness (QED) is 0.248. The molecule has 144 valence electrons. The number of hydrogen-bond acceptors (Lipinski definition) is 10. The number of aromatic nitrogens is 2. The van der Waals surface area contributed by atoms with Gasteiger partial charge in [-0.2, -0.15) is 13.4 Å². The molecule has 2 heterocycles. The molecule has 0 aliphatic carbocycles. The Morgan fingerprint density at radius 1 is 1.54 bits per heavy atom. The van der Waals surface area contributed by atoms with E-state index in [1.54, 1.807) is 0 Å².